The van der Waals surface area contributed by atoms with Gasteiger partial charge in [0.05, 0.1) is 6.04 Å². The lowest BCUT2D eigenvalue weighted by molar-refractivity contribution is -0.135. The third-order valence-electron chi connectivity index (χ3n) is 4.00. The van der Waals surface area contributed by atoms with Gasteiger partial charge in [0.1, 0.15) is 5.75 Å². The van der Waals surface area contributed by atoms with Crippen molar-refractivity contribution in [1.82, 2.24) is 9.80 Å². The van der Waals surface area contributed by atoms with Crippen molar-refractivity contribution in [3.05, 3.63) is 29.8 Å². The Hall–Kier alpha value is -1.59. The number of carbonyl (C=O) groups is 1. The van der Waals surface area contributed by atoms with Gasteiger partial charge in [-0.05, 0) is 23.6 Å². The van der Waals surface area contributed by atoms with Gasteiger partial charge in [0.15, 0.2) is 0 Å². The molecule has 0 aliphatic carbocycles. The Kier molecular flexibility index (Phi) is 5.20. The third-order valence-corrected chi connectivity index (χ3v) is 4.00. The number of phenolic OH excluding ortho intramolecular Hbond substituents is 1. The predicted molar refractivity (Wildman–Crippen MR) is 82.8 cm³/mol. The Labute approximate surface area is 126 Å². The molecule has 116 valence electrons. The molecule has 2 rings (SSSR count). The lowest BCUT2D eigenvalue weighted by Crippen LogP contribution is -2.54. The van der Waals surface area contributed by atoms with E-state index in [0.29, 0.717) is 5.75 Å². The van der Waals surface area contributed by atoms with Crippen LogP contribution in [0.5, 0.6) is 5.75 Å². The first-order valence-electron chi connectivity index (χ1n) is 7.52. The monoisotopic (exact) mass is 291 g/mol. The first-order valence-corrected chi connectivity index (χ1v) is 7.52. The predicted octanol–water partition coefficient (Wildman–Crippen LogP) is 1.02. The number of nitrogens with zero attached hydrogens (tertiary/aromatic N) is 2. The van der Waals surface area contributed by atoms with Gasteiger partial charge < -0.3 is 15.7 Å². The lowest BCUT2D eigenvalue weighted by atomic mass is 10.0. The van der Waals surface area contributed by atoms with Crippen LogP contribution in [0.2, 0.25) is 0 Å². The number of amides is 1. The van der Waals surface area contributed by atoms with E-state index in [1.54, 1.807) is 12.1 Å². The molecule has 5 heteroatoms. The van der Waals surface area contributed by atoms with Gasteiger partial charge in [-0.3, -0.25) is 9.69 Å². The second-order valence-corrected chi connectivity index (χ2v) is 6.04. The van der Waals surface area contributed by atoms with Crippen LogP contribution in [0.1, 0.15) is 19.4 Å². The molecule has 1 aliphatic rings. The molecule has 3 N–H and O–H groups in total. The molecule has 1 heterocycles. The molecule has 0 saturated carbocycles. The number of rotatable bonds is 4. The van der Waals surface area contributed by atoms with Crippen LogP contribution in [0, 0.1) is 5.92 Å². The maximum Gasteiger partial charge on any atom is 0.239 e. The van der Waals surface area contributed by atoms with Crippen molar-refractivity contribution in [1.29, 1.82) is 0 Å². The number of carbonyl (C=O) groups excluding carboxylic acids is 1. The third kappa shape index (κ3) is 4.19. The van der Waals surface area contributed by atoms with E-state index in [1.165, 1.54) is 0 Å². The second-order valence-electron chi connectivity index (χ2n) is 6.04. The number of nitrogens with two attached hydrogens (primary N) is 1. The van der Waals surface area contributed by atoms with Crippen LogP contribution in [0.4, 0.5) is 0 Å². The number of hydrogen-bond donors (Lipinski definition) is 2. The van der Waals surface area contributed by atoms with Crippen molar-refractivity contribution < 1.29 is 9.90 Å². The van der Waals surface area contributed by atoms with Crippen LogP contribution < -0.4 is 5.73 Å². The highest BCUT2D eigenvalue weighted by Gasteiger charge is 2.26. The van der Waals surface area contributed by atoms with Gasteiger partial charge in [-0.2, -0.15) is 0 Å². The number of benzene rings is 1. The number of hydrogen-bond acceptors (Lipinski definition) is 4. The molecule has 21 heavy (non-hydrogen) atoms. The molecule has 0 unspecified atom stereocenters. The summed E-state index contributed by atoms with van der Waals surface area (Å²) < 4.78 is 0. The van der Waals surface area contributed by atoms with Crippen molar-refractivity contribution in [2.75, 3.05) is 26.2 Å². The smallest absolute Gasteiger partial charge is 0.239 e. The summed E-state index contributed by atoms with van der Waals surface area (Å²) in [5, 5.41) is 9.49. The summed E-state index contributed by atoms with van der Waals surface area (Å²) in [6, 6.07) is 6.92. The summed E-state index contributed by atoms with van der Waals surface area (Å²) in [7, 11) is 0. The minimum absolute atomic E-state index is 0.0574. The summed E-state index contributed by atoms with van der Waals surface area (Å²) in [5.41, 5.74) is 7.02. The Bertz CT molecular complexity index is 482. The van der Waals surface area contributed by atoms with E-state index in [1.807, 2.05) is 30.9 Å². The number of piperazine rings is 1. The van der Waals surface area contributed by atoms with E-state index in [2.05, 4.69) is 4.90 Å². The molecule has 5 nitrogen and oxygen atoms in total. The Balaban J connectivity index is 1.84. The Morgan fingerprint density at radius 2 is 1.95 bits per heavy atom. The first kappa shape index (κ1) is 15.8. The molecular weight excluding hydrogens is 266 g/mol. The molecule has 1 aliphatic heterocycles. The van der Waals surface area contributed by atoms with Gasteiger partial charge >= 0.3 is 0 Å². The lowest BCUT2D eigenvalue weighted by Gasteiger charge is -2.36. The van der Waals surface area contributed by atoms with E-state index >= 15 is 0 Å². The molecule has 0 spiro atoms. The van der Waals surface area contributed by atoms with Crippen LogP contribution in [0.3, 0.4) is 0 Å². The zero-order chi connectivity index (χ0) is 15.4. The van der Waals surface area contributed by atoms with Crippen LogP contribution in [0.15, 0.2) is 24.3 Å². The van der Waals surface area contributed by atoms with Gasteiger partial charge in [-0.15, -0.1) is 0 Å². The van der Waals surface area contributed by atoms with E-state index in [4.69, 9.17) is 5.73 Å². The normalized spacial score (nSPS) is 18.0. The van der Waals surface area contributed by atoms with E-state index < -0.39 is 6.04 Å². The fourth-order valence-electron chi connectivity index (χ4n) is 2.54. The highest BCUT2D eigenvalue weighted by molar-refractivity contribution is 5.82. The standard InChI is InChI=1S/C16H25N3O2/c1-12(2)15(17)16(21)19-8-6-18(7-9-19)11-13-4-3-5-14(20)10-13/h3-5,10,12,15,20H,6-9,11,17H2,1-2H3/t15-/m0/s1. The molecule has 1 saturated heterocycles. The van der Waals surface area contributed by atoms with Crippen molar-refractivity contribution in [2.45, 2.75) is 26.4 Å². The van der Waals surface area contributed by atoms with Gasteiger partial charge in [-0.25, -0.2) is 0 Å². The van der Waals surface area contributed by atoms with Crippen molar-refractivity contribution in [3.63, 3.8) is 0 Å². The van der Waals surface area contributed by atoms with Gasteiger partial charge in [0, 0.05) is 32.7 Å². The fraction of sp³-hybridized carbons (Fsp3) is 0.562. The van der Waals surface area contributed by atoms with Gasteiger partial charge in [-0.1, -0.05) is 26.0 Å². The van der Waals surface area contributed by atoms with Crippen LogP contribution >= 0.6 is 0 Å². The fourth-order valence-corrected chi connectivity index (χ4v) is 2.54. The molecular formula is C16H25N3O2. The average molecular weight is 291 g/mol. The Morgan fingerprint density at radius 3 is 2.52 bits per heavy atom. The first-order chi connectivity index (χ1) is 9.97. The quantitative estimate of drug-likeness (QED) is 0.869. The largest absolute Gasteiger partial charge is 0.508 e. The summed E-state index contributed by atoms with van der Waals surface area (Å²) >= 11 is 0. The summed E-state index contributed by atoms with van der Waals surface area (Å²) in [6.07, 6.45) is 0. The van der Waals surface area contributed by atoms with Crippen LogP contribution in [0.25, 0.3) is 0 Å². The Morgan fingerprint density at radius 1 is 1.29 bits per heavy atom. The minimum Gasteiger partial charge on any atom is -0.508 e. The van der Waals surface area contributed by atoms with Crippen molar-refractivity contribution in [2.24, 2.45) is 11.7 Å². The van der Waals surface area contributed by atoms with Crippen LogP contribution in [-0.2, 0) is 11.3 Å². The molecule has 1 atom stereocenters. The second kappa shape index (κ2) is 6.91. The summed E-state index contributed by atoms with van der Waals surface area (Å²) in [6.45, 7) is 7.86. The molecule has 1 aromatic carbocycles. The van der Waals surface area contributed by atoms with E-state index in [-0.39, 0.29) is 11.8 Å². The number of phenols is 1. The molecule has 0 aromatic heterocycles. The zero-order valence-corrected chi connectivity index (χ0v) is 12.8. The summed E-state index contributed by atoms with van der Waals surface area (Å²) in [5.74, 6) is 0.522. The average Bonchev–Trinajstić information content (AvgIpc) is 2.46. The van der Waals surface area contributed by atoms with E-state index in [0.717, 1.165) is 38.3 Å². The number of aromatic hydroxyl groups is 1. The maximum absolute atomic E-state index is 12.2. The zero-order valence-electron chi connectivity index (χ0n) is 12.8. The SMILES string of the molecule is CC(C)[C@H](N)C(=O)N1CCN(Cc2cccc(O)c2)CC1. The topological polar surface area (TPSA) is 69.8 Å². The van der Waals surface area contributed by atoms with E-state index in [9.17, 15) is 9.90 Å². The van der Waals surface area contributed by atoms with Crippen LogP contribution in [-0.4, -0.2) is 53.0 Å². The summed E-state index contributed by atoms with van der Waals surface area (Å²) in [4.78, 5) is 16.4. The minimum atomic E-state index is -0.400. The van der Waals surface area contributed by atoms with Crippen molar-refractivity contribution >= 4 is 5.91 Å². The molecule has 1 fully saturated rings. The highest BCUT2D eigenvalue weighted by Crippen LogP contribution is 2.15. The van der Waals surface area contributed by atoms with Crippen molar-refractivity contribution in [3.8, 4) is 5.75 Å². The van der Waals surface area contributed by atoms with Gasteiger partial charge in [0.25, 0.3) is 0 Å². The molecule has 1 aromatic rings. The maximum atomic E-state index is 12.2. The highest BCUT2D eigenvalue weighted by atomic mass is 16.3. The molecule has 0 radical (unpaired) electrons. The van der Waals surface area contributed by atoms with Gasteiger partial charge in [0.2, 0.25) is 5.91 Å². The molecule has 1 amide bonds. The molecule has 0 bridgehead atoms.